The van der Waals surface area contributed by atoms with Crippen molar-refractivity contribution >= 4 is 30.0 Å². The lowest BCUT2D eigenvalue weighted by atomic mass is 10.1. The molecule has 1 heterocycles. The van der Waals surface area contributed by atoms with Crippen LogP contribution in [-0.2, 0) is 9.53 Å². The average Bonchev–Trinajstić information content (AvgIpc) is 2.73. The summed E-state index contributed by atoms with van der Waals surface area (Å²) in [4.78, 5) is 28.1. The third kappa shape index (κ3) is 4.78. The number of carbonyl (C=O) groups is 2. The molecule has 0 saturated carbocycles. The van der Waals surface area contributed by atoms with Crippen LogP contribution in [0.15, 0.2) is 54.6 Å². The van der Waals surface area contributed by atoms with Gasteiger partial charge >= 0.3 is 5.97 Å². The number of piperazine rings is 1. The van der Waals surface area contributed by atoms with Crippen molar-refractivity contribution in [3.8, 4) is 0 Å². The Kier molecular flexibility index (Phi) is 7.21. The zero-order valence-corrected chi connectivity index (χ0v) is 16.0. The molecule has 3 rings (SSSR count). The fourth-order valence-corrected chi connectivity index (χ4v) is 3.11. The molecule has 144 valence electrons. The molecule has 0 aliphatic carbocycles. The summed E-state index contributed by atoms with van der Waals surface area (Å²) >= 11 is 0. The summed E-state index contributed by atoms with van der Waals surface area (Å²) in [6, 6.07) is 16.1. The number of methoxy groups -OCH3 is 1. The maximum Gasteiger partial charge on any atom is 0.337 e. The second-order valence-electron chi connectivity index (χ2n) is 6.24. The number of nitrogens with zero attached hydrogens (tertiary/aromatic N) is 2. The minimum absolute atomic E-state index is 0. The zero-order chi connectivity index (χ0) is 18.5. The predicted octanol–water partition coefficient (Wildman–Crippen LogP) is 2.24. The molecule has 1 fully saturated rings. The van der Waals surface area contributed by atoms with Crippen LogP contribution >= 0.6 is 12.4 Å². The van der Waals surface area contributed by atoms with E-state index in [1.165, 1.54) is 7.11 Å². The summed E-state index contributed by atoms with van der Waals surface area (Å²) in [7, 11) is 1.37. The minimum atomic E-state index is -0.623. The molecule has 27 heavy (non-hydrogen) atoms. The third-order valence-corrected chi connectivity index (χ3v) is 4.67. The highest BCUT2D eigenvalue weighted by Gasteiger charge is 2.26. The lowest BCUT2D eigenvalue weighted by Gasteiger charge is -2.37. The van der Waals surface area contributed by atoms with Crippen molar-refractivity contribution < 1.29 is 14.3 Å². The highest BCUT2D eigenvalue weighted by Crippen LogP contribution is 2.20. The lowest BCUT2D eigenvalue weighted by molar-refractivity contribution is -0.133. The third-order valence-electron chi connectivity index (χ3n) is 4.67. The second-order valence-corrected chi connectivity index (χ2v) is 6.24. The SMILES string of the molecule is COC(=O)c1ccc(N2CCN(C(=O)[C@H](N)c3ccccc3)CC2)cc1.Cl. The van der Waals surface area contributed by atoms with Gasteiger partial charge in [-0.3, -0.25) is 4.79 Å². The van der Waals surface area contributed by atoms with E-state index in [1.54, 1.807) is 12.1 Å². The Labute approximate surface area is 165 Å². The van der Waals surface area contributed by atoms with Gasteiger partial charge in [0.2, 0.25) is 5.91 Å². The standard InChI is InChI=1S/C20H23N3O3.ClH/c1-26-20(25)16-7-9-17(10-8-16)22-11-13-23(14-12-22)19(24)18(21)15-5-3-2-4-6-15;/h2-10,18H,11-14,21H2,1H3;1H/t18-;/m1./s1. The molecular weight excluding hydrogens is 366 g/mol. The molecule has 0 spiro atoms. The lowest BCUT2D eigenvalue weighted by Crippen LogP contribution is -2.51. The van der Waals surface area contributed by atoms with Crippen molar-refractivity contribution in [2.45, 2.75) is 6.04 Å². The minimum Gasteiger partial charge on any atom is -0.465 e. The van der Waals surface area contributed by atoms with Crippen LogP contribution in [0.2, 0.25) is 0 Å². The number of hydrogen-bond donors (Lipinski definition) is 1. The van der Waals surface area contributed by atoms with E-state index in [4.69, 9.17) is 10.5 Å². The van der Waals surface area contributed by atoms with Gasteiger partial charge in [-0.05, 0) is 29.8 Å². The highest BCUT2D eigenvalue weighted by atomic mass is 35.5. The van der Waals surface area contributed by atoms with Crippen molar-refractivity contribution in [1.82, 2.24) is 4.90 Å². The number of carbonyl (C=O) groups excluding carboxylic acids is 2. The summed E-state index contributed by atoms with van der Waals surface area (Å²) in [6.07, 6.45) is 0. The van der Waals surface area contributed by atoms with Crippen LogP contribution in [0.3, 0.4) is 0 Å². The Morgan fingerprint density at radius 2 is 1.56 bits per heavy atom. The number of esters is 1. The van der Waals surface area contributed by atoms with Gasteiger partial charge in [0.05, 0.1) is 12.7 Å². The van der Waals surface area contributed by atoms with Crippen LogP contribution < -0.4 is 10.6 Å². The number of rotatable bonds is 4. The largest absolute Gasteiger partial charge is 0.465 e. The fourth-order valence-electron chi connectivity index (χ4n) is 3.11. The van der Waals surface area contributed by atoms with Crippen molar-refractivity contribution in [1.29, 1.82) is 0 Å². The first-order chi connectivity index (χ1) is 12.6. The zero-order valence-electron chi connectivity index (χ0n) is 15.2. The van der Waals surface area contributed by atoms with Gasteiger partial charge < -0.3 is 20.3 Å². The van der Waals surface area contributed by atoms with Crippen molar-refractivity contribution in [2.24, 2.45) is 5.73 Å². The van der Waals surface area contributed by atoms with Crippen LogP contribution in [0.1, 0.15) is 22.0 Å². The number of benzene rings is 2. The van der Waals surface area contributed by atoms with Gasteiger partial charge in [-0.2, -0.15) is 0 Å². The van der Waals surface area contributed by atoms with Gasteiger partial charge in [0, 0.05) is 31.9 Å². The van der Waals surface area contributed by atoms with E-state index in [9.17, 15) is 9.59 Å². The van der Waals surface area contributed by atoms with Gasteiger partial charge in [-0.1, -0.05) is 30.3 Å². The molecule has 0 bridgehead atoms. The van der Waals surface area contributed by atoms with Gasteiger partial charge in [0.15, 0.2) is 0 Å². The maximum atomic E-state index is 12.6. The van der Waals surface area contributed by atoms with Crippen LogP contribution in [0.4, 0.5) is 5.69 Å². The quantitative estimate of drug-likeness (QED) is 0.811. The topological polar surface area (TPSA) is 75.9 Å². The van der Waals surface area contributed by atoms with Crippen LogP contribution in [0.25, 0.3) is 0 Å². The van der Waals surface area contributed by atoms with Crippen molar-refractivity contribution in [2.75, 3.05) is 38.2 Å². The van der Waals surface area contributed by atoms with E-state index < -0.39 is 6.04 Å². The number of anilines is 1. The molecule has 0 unspecified atom stereocenters. The normalized spacial score (nSPS) is 14.9. The Morgan fingerprint density at radius 1 is 0.963 bits per heavy atom. The molecule has 2 aromatic carbocycles. The number of halogens is 1. The Hall–Kier alpha value is -2.57. The first-order valence-electron chi connectivity index (χ1n) is 8.63. The van der Waals surface area contributed by atoms with E-state index >= 15 is 0 Å². The molecule has 7 heteroatoms. The number of hydrogen-bond acceptors (Lipinski definition) is 5. The van der Waals surface area contributed by atoms with Crippen molar-refractivity contribution in [3.05, 3.63) is 65.7 Å². The molecule has 1 aliphatic rings. The molecule has 1 amide bonds. The molecule has 0 radical (unpaired) electrons. The first-order valence-corrected chi connectivity index (χ1v) is 8.63. The van der Waals surface area contributed by atoms with Gasteiger partial charge in [0.1, 0.15) is 6.04 Å². The van der Waals surface area contributed by atoms with Gasteiger partial charge in [-0.25, -0.2) is 4.79 Å². The number of nitrogens with two attached hydrogens (primary N) is 1. The molecule has 0 aromatic heterocycles. The summed E-state index contributed by atoms with van der Waals surface area (Å²) in [5, 5.41) is 0. The van der Waals surface area contributed by atoms with Gasteiger partial charge in [0.25, 0.3) is 0 Å². The summed E-state index contributed by atoms with van der Waals surface area (Å²) in [5.41, 5.74) is 8.51. The number of amides is 1. The van der Waals surface area contributed by atoms with Crippen LogP contribution in [-0.4, -0.2) is 50.1 Å². The van der Waals surface area contributed by atoms with E-state index in [0.29, 0.717) is 18.7 Å². The van der Waals surface area contributed by atoms with Crippen molar-refractivity contribution in [3.63, 3.8) is 0 Å². The Morgan fingerprint density at radius 3 is 2.11 bits per heavy atom. The van der Waals surface area contributed by atoms with Crippen LogP contribution in [0, 0.1) is 0 Å². The summed E-state index contributed by atoms with van der Waals surface area (Å²) < 4.78 is 4.71. The van der Waals surface area contributed by atoms with Gasteiger partial charge in [-0.15, -0.1) is 12.4 Å². The number of ether oxygens (including phenoxy) is 1. The first kappa shape index (κ1) is 20.7. The Balaban J connectivity index is 0.00000261. The van der Waals surface area contributed by atoms with E-state index in [1.807, 2.05) is 47.4 Å². The molecule has 1 atom stereocenters. The fraction of sp³-hybridized carbons (Fsp3) is 0.300. The molecule has 2 aromatic rings. The smallest absolute Gasteiger partial charge is 0.337 e. The highest BCUT2D eigenvalue weighted by molar-refractivity contribution is 5.89. The predicted molar refractivity (Wildman–Crippen MR) is 107 cm³/mol. The molecule has 1 aliphatic heterocycles. The molecule has 6 nitrogen and oxygen atoms in total. The summed E-state index contributed by atoms with van der Waals surface area (Å²) in [6.45, 7) is 2.70. The van der Waals surface area contributed by atoms with E-state index in [2.05, 4.69) is 4.90 Å². The van der Waals surface area contributed by atoms with E-state index in [-0.39, 0.29) is 24.3 Å². The molecular formula is C20H24ClN3O3. The molecule has 2 N–H and O–H groups in total. The van der Waals surface area contributed by atoms with E-state index in [0.717, 1.165) is 24.3 Å². The maximum absolute atomic E-state index is 12.6. The summed E-state index contributed by atoms with van der Waals surface area (Å²) in [5.74, 6) is -0.390. The monoisotopic (exact) mass is 389 g/mol. The molecule has 1 saturated heterocycles. The average molecular weight is 390 g/mol. The Bertz CT molecular complexity index is 760. The van der Waals surface area contributed by atoms with Crippen LogP contribution in [0.5, 0.6) is 0 Å². The second kappa shape index (κ2) is 9.39.